The highest BCUT2D eigenvalue weighted by atomic mass is 32.2. The first-order chi connectivity index (χ1) is 9.49. The summed E-state index contributed by atoms with van der Waals surface area (Å²) in [7, 11) is 0. The lowest BCUT2D eigenvalue weighted by molar-refractivity contribution is -0.387. The Morgan fingerprint density at radius 1 is 1.15 bits per heavy atom. The Morgan fingerprint density at radius 2 is 1.85 bits per heavy atom. The van der Waals surface area contributed by atoms with Gasteiger partial charge in [-0.05, 0) is 37.6 Å². The maximum absolute atomic E-state index is 11.3. The summed E-state index contributed by atoms with van der Waals surface area (Å²) in [5.41, 5.74) is 1.37. The maximum atomic E-state index is 11.3. The standard InChI is InChI=1S/C15H13NO3S/c1-10-5-3-4-6-14(10)20-15-8-7-12(11(2)17)9-13(15)16(18)19/h3-9H,1-2H3. The maximum Gasteiger partial charge on any atom is 0.283 e. The molecule has 2 rings (SSSR count). The molecule has 0 fully saturated rings. The minimum Gasteiger partial charge on any atom is -0.295 e. The number of nitro benzene ring substituents is 1. The van der Waals surface area contributed by atoms with Crippen LogP contribution in [-0.2, 0) is 0 Å². The molecule has 2 aromatic carbocycles. The number of benzene rings is 2. The van der Waals surface area contributed by atoms with Crippen molar-refractivity contribution in [1.82, 2.24) is 0 Å². The summed E-state index contributed by atoms with van der Waals surface area (Å²) in [4.78, 5) is 23.5. The van der Waals surface area contributed by atoms with Crippen LogP contribution < -0.4 is 0 Å². The number of carbonyl (C=O) groups is 1. The van der Waals surface area contributed by atoms with Gasteiger partial charge in [0.2, 0.25) is 0 Å². The molecule has 0 unspecified atom stereocenters. The summed E-state index contributed by atoms with van der Waals surface area (Å²) < 4.78 is 0. The number of carbonyl (C=O) groups excluding carboxylic acids is 1. The number of hydrogen-bond donors (Lipinski definition) is 0. The average Bonchev–Trinajstić information content (AvgIpc) is 2.41. The lowest BCUT2D eigenvalue weighted by Gasteiger charge is -2.06. The molecule has 2 aromatic rings. The van der Waals surface area contributed by atoms with Gasteiger partial charge in [-0.1, -0.05) is 30.0 Å². The van der Waals surface area contributed by atoms with Gasteiger partial charge in [-0.3, -0.25) is 14.9 Å². The summed E-state index contributed by atoms with van der Waals surface area (Å²) >= 11 is 1.34. The van der Waals surface area contributed by atoms with Gasteiger partial charge in [0, 0.05) is 16.5 Å². The molecule has 0 aliphatic heterocycles. The van der Waals surface area contributed by atoms with Gasteiger partial charge < -0.3 is 0 Å². The minimum absolute atomic E-state index is 0.0362. The predicted octanol–water partition coefficient (Wildman–Crippen LogP) is 4.26. The minimum atomic E-state index is -0.451. The molecule has 20 heavy (non-hydrogen) atoms. The molecular formula is C15H13NO3S. The third-order valence-electron chi connectivity index (χ3n) is 2.88. The van der Waals surface area contributed by atoms with Crippen molar-refractivity contribution >= 4 is 23.2 Å². The molecule has 0 heterocycles. The number of hydrogen-bond acceptors (Lipinski definition) is 4. The van der Waals surface area contributed by atoms with Crippen molar-refractivity contribution in [1.29, 1.82) is 0 Å². The van der Waals surface area contributed by atoms with Crippen molar-refractivity contribution in [3.05, 3.63) is 63.7 Å². The molecule has 0 radical (unpaired) electrons. The smallest absolute Gasteiger partial charge is 0.283 e. The van der Waals surface area contributed by atoms with Gasteiger partial charge in [0.1, 0.15) is 0 Å². The molecule has 0 amide bonds. The fourth-order valence-corrected chi connectivity index (χ4v) is 2.74. The van der Waals surface area contributed by atoms with E-state index in [1.165, 1.54) is 24.8 Å². The number of rotatable bonds is 4. The highest BCUT2D eigenvalue weighted by Gasteiger charge is 2.17. The number of aryl methyl sites for hydroxylation is 1. The second-order valence-electron chi connectivity index (χ2n) is 4.36. The third-order valence-corrected chi connectivity index (χ3v) is 4.12. The Labute approximate surface area is 121 Å². The van der Waals surface area contributed by atoms with Crippen LogP contribution in [-0.4, -0.2) is 10.7 Å². The molecule has 0 saturated carbocycles. The fourth-order valence-electron chi connectivity index (χ4n) is 1.75. The lowest BCUT2D eigenvalue weighted by atomic mass is 10.1. The normalized spacial score (nSPS) is 10.3. The molecule has 0 atom stereocenters. The second-order valence-corrected chi connectivity index (χ2v) is 5.45. The van der Waals surface area contributed by atoms with Gasteiger partial charge in [-0.2, -0.15) is 0 Å². The first-order valence-corrected chi connectivity index (χ1v) is 6.83. The summed E-state index contributed by atoms with van der Waals surface area (Å²) in [6.45, 7) is 3.35. The van der Waals surface area contributed by atoms with Gasteiger partial charge in [0.05, 0.1) is 9.82 Å². The highest BCUT2D eigenvalue weighted by Crippen LogP contribution is 2.36. The lowest BCUT2D eigenvalue weighted by Crippen LogP contribution is -1.97. The second kappa shape index (κ2) is 5.88. The Kier molecular flexibility index (Phi) is 4.20. The van der Waals surface area contributed by atoms with E-state index in [4.69, 9.17) is 0 Å². The van der Waals surface area contributed by atoms with E-state index in [0.717, 1.165) is 10.5 Å². The van der Waals surface area contributed by atoms with Crippen LogP contribution in [0.1, 0.15) is 22.8 Å². The number of ketones is 1. The molecule has 0 aromatic heterocycles. The van der Waals surface area contributed by atoms with E-state index in [0.29, 0.717) is 10.5 Å². The van der Waals surface area contributed by atoms with Crippen molar-refractivity contribution in [3.8, 4) is 0 Å². The van der Waals surface area contributed by atoms with Gasteiger partial charge >= 0.3 is 0 Å². The van der Waals surface area contributed by atoms with Crippen molar-refractivity contribution in [2.45, 2.75) is 23.6 Å². The van der Waals surface area contributed by atoms with Crippen LogP contribution in [0.5, 0.6) is 0 Å². The molecule has 4 nitrogen and oxygen atoms in total. The van der Waals surface area contributed by atoms with Crippen molar-refractivity contribution < 1.29 is 9.72 Å². The Hall–Kier alpha value is -2.14. The average molecular weight is 287 g/mol. The van der Waals surface area contributed by atoms with E-state index in [1.54, 1.807) is 12.1 Å². The molecule has 0 aliphatic rings. The molecule has 0 saturated heterocycles. The summed E-state index contributed by atoms with van der Waals surface area (Å²) in [6, 6.07) is 12.3. The molecule has 0 N–H and O–H groups in total. The zero-order valence-corrected chi connectivity index (χ0v) is 11.9. The SMILES string of the molecule is CC(=O)c1ccc(Sc2ccccc2C)c([N+](=O)[O-])c1. The van der Waals surface area contributed by atoms with Crippen LogP contribution in [0.25, 0.3) is 0 Å². The first-order valence-electron chi connectivity index (χ1n) is 6.02. The quantitative estimate of drug-likeness (QED) is 0.479. The third kappa shape index (κ3) is 3.05. The van der Waals surface area contributed by atoms with Gasteiger partial charge in [0.25, 0.3) is 5.69 Å². The van der Waals surface area contributed by atoms with E-state index < -0.39 is 4.92 Å². The van der Waals surface area contributed by atoms with Gasteiger partial charge in [-0.15, -0.1) is 0 Å². The monoisotopic (exact) mass is 287 g/mol. The molecule has 0 bridgehead atoms. The van der Waals surface area contributed by atoms with E-state index >= 15 is 0 Å². The molecule has 0 aliphatic carbocycles. The molecule has 102 valence electrons. The van der Waals surface area contributed by atoms with E-state index in [1.807, 2.05) is 31.2 Å². The molecular weight excluding hydrogens is 274 g/mol. The number of nitrogens with zero attached hydrogens (tertiary/aromatic N) is 1. The van der Waals surface area contributed by atoms with E-state index in [2.05, 4.69) is 0 Å². The fraction of sp³-hybridized carbons (Fsp3) is 0.133. The largest absolute Gasteiger partial charge is 0.295 e. The van der Waals surface area contributed by atoms with Crippen LogP contribution in [0.2, 0.25) is 0 Å². The summed E-state index contributed by atoms with van der Waals surface area (Å²) in [6.07, 6.45) is 0. The zero-order chi connectivity index (χ0) is 14.7. The Balaban J connectivity index is 2.44. The van der Waals surface area contributed by atoms with Crippen LogP contribution in [0.15, 0.2) is 52.3 Å². The van der Waals surface area contributed by atoms with Crippen molar-refractivity contribution in [3.63, 3.8) is 0 Å². The topological polar surface area (TPSA) is 60.2 Å². The number of Topliss-reactive ketones (excluding diaryl/α,β-unsaturated/α-hetero) is 1. The van der Waals surface area contributed by atoms with Crippen LogP contribution in [0, 0.1) is 17.0 Å². The highest BCUT2D eigenvalue weighted by molar-refractivity contribution is 7.99. The molecule has 0 spiro atoms. The predicted molar refractivity (Wildman–Crippen MR) is 78.4 cm³/mol. The van der Waals surface area contributed by atoms with Gasteiger partial charge in [0.15, 0.2) is 5.78 Å². The van der Waals surface area contributed by atoms with E-state index in [-0.39, 0.29) is 11.5 Å². The van der Waals surface area contributed by atoms with Crippen molar-refractivity contribution in [2.75, 3.05) is 0 Å². The zero-order valence-electron chi connectivity index (χ0n) is 11.1. The van der Waals surface area contributed by atoms with Crippen LogP contribution >= 0.6 is 11.8 Å². The number of nitro groups is 1. The Bertz CT molecular complexity index is 683. The van der Waals surface area contributed by atoms with Crippen LogP contribution in [0.4, 0.5) is 5.69 Å². The molecule has 5 heteroatoms. The van der Waals surface area contributed by atoms with E-state index in [9.17, 15) is 14.9 Å². The van der Waals surface area contributed by atoms with Crippen LogP contribution in [0.3, 0.4) is 0 Å². The summed E-state index contributed by atoms with van der Waals surface area (Å²) in [5, 5.41) is 11.2. The summed E-state index contributed by atoms with van der Waals surface area (Å²) in [5.74, 6) is -0.180. The van der Waals surface area contributed by atoms with Gasteiger partial charge in [-0.25, -0.2) is 0 Å². The first kappa shape index (κ1) is 14.3. The Morgan fingerprint density at radius 3 is 2.45 bits per heavy atom. The van der Waals surface area contributed by atoms with Crippen molar-refractivity contribution in [2.24, 2.45) is 0 Å².